The summed E-state index contributed by atoms with van der Waals surface area (Å²) < 4.78 is 5.20. The molecule has 2 saturated heterocycles. The van der Waals surface area contributed by atoms with Gasteiger partial charge in [0.15, 0.2) is 0 Å². The number of nitrogens with zero attached hydrogens (tertiary/aromatic N) is 3. The van der Waals surface area contributed by atoms with Gasteiger partial charge in [-0.05, 0) is 6.42 Å². The van der Waals surface area contributed by atoms with Crippen molar-refractivity contribution < 1.29 is 9.53 Å². The van der Waals surface area contributed by atoms with Crippen LogP contribution in [0.1, 0.15) is 19.8 Å². The molecule has 0 saturated carbocycles. The topological polar surface area (TPSA) is 48.1 Å². The Morgan fingerprint density at radius 1 is 1.18 bits per heavy atom. The fraction of sp³-hybridized carbons (Fsp3) is 0.938. The molecule has 1 amide bonds. The van der Waals surface area contributed by atoms with E-state index in [1.54, 1.807) is 7.11 Å². The molecular weight excluding hydrogens is 280 g/mol. The number of hydrogen-bond acceptors (Lipinski definition) is 5. The molecule has 6 nitrogen and oxygen atoms in total. The average molecular weight is 312 g/mol. The normalized spacial score (nSPS) is 24.6. The number of hydrogen-bond donors (Lipinski definition) is 1. The lowest BCUT2D eigenvalue weighted by atomic mass is 10.1. The molecule has 0 aromatic rings. The Morgan fingerprint density at radius 3 is 2.64 bits per heavy atom. The van der Waals surface area contributed by atoms with Crippen LogP contribution in [0.5, 0.6) is 0 Å². The van der Waals surface area contributed by atoms with Gasteiger partial charge in [-0.25, -0.2) is 0 Å². The minimum Gasteiger partial charge on any atom is -0.383 e. The maximum absolute atomic E-state index is 12.2. The molecule has 0 bridgehead atoms. The quantitative estimate of drug-likeness (QED) is 0.708. The van der Waals surface area contributed by atoms with Crippen LogP contribution in [0.15, 0.2) is 0 Å². The lowest BCUT2D eigenvalue weighted by Crippen LogP contribution is -2.54. The summed E-state index contributed by atoms with van der Waals surface area (Å²) >= 11 is 0. The Bertz CT molecular complexity index is 334. The second-order valence-corrected chi connectivity index (χ2v) is 6.27. The van der Waals surface area contributed by atoms with E-state index in [1.807, 2.05) is 4.90 Å². The van der Waals surface area contributed by atoms with E-state index in [0.29, 0.717) is 18.4 Å². The molecule has 128 valence electrons. The molecule has 2 fully saturated rings. The number of rotatable bonds is 7. The largest absolute Gasteiger partial charge is 0.383 e. The Morgan fingerprint density at radius 2 is 1.95 bits per heavy atom. The summed E-state index contributed by atoms with van der Waals surface area (Å²) in [7, 11) is 1.76. The van der Waals surface area contributed by atoms with Crippen molar-refractivity contribution >= 4 is 5.91 Å². The fourth-order valence-corrected chi connectivity index (χ4v) is 3.38. The Kier molecular flexibility index (Phi) is 7.59. The monoisotopic (exact) mass is 312 g/mol. The molecule has 1 N–H and O–H groups in total. The van der Waals surface area contributed by atoms with E-state index in [0.717, 1.165) is 71.9 Å². The second kappa shape index (κ2) is 9.45. The number of carbonyl (C=O) groups excluding carboxylic acids is 1. The van der Waals surface area contributed by atoms with Gasteiger partial charge in [0.2, 0.25) is 5.91 Å². The highest BCUT2D eigenvalue weighted by molar-refractivity contribution is 5.76. The number of piperazine rings is 2. The van der Waals surface area contributed by atoms with Crippen molar-refractivity contribution in [1.29, 1.82) is 0 Å². The summed E-state index contributed by atoms with van der Waals surface area (Å²) in [6, 6.07) is 0.596. The van der Waals surface area contributed by atoms with Crippen molar-refractivity contribution in [2.75, 3.05) is 72.6 Å². The van der Waals surface area contributed by atoms with E-state index in [9.17, 15) is 4.79 Å². The molecule has 0 aliphatic carbocycles. The molecule has 2 heterocycles. The number of carbonyl (C=O) groups is 1. The molecule has 2 aliphatic rings. The highest BCUT2D eigenvalue weighted by Crippen LogP contribution is 2.13. The standard InChI is InChI=1S/C16H32N4O2/c1-3-15-14-18(10-11-19(15)12-13-22-2)7-4-16(21)20-8-5-17-6-9-20/h15,17H,3-14H2,1-2H3. The molecule has 0 aromatic heterocycles. The van der Waals surface area contributed by atoms with Gasteiger partial charge in [0.1, 0.15) is 0 Å². The van der Waals surface area contributed by atoms with Gasteiger partial charge >= 0.3 is 0 Å². The Hall–Kier alpha value is -0.690. The molecule has 22 heavy (non-hydrogen) atoms. The van der Waals surface area contributed by atoms with Crippen LogP contribution in [0, 0.1) is 0 Å². The summed E-state index contributed by atoms with van der Waals surface area (Å²) in [5.74, 6) is 0.316. The zero-order valence-electron chi connectivity index (χ0n) is 14.2. The van der Waals surface area contributed by atoms with Gasteiger partial charge in [0, 0.05) is 78.5 Å². The zero-order chi connectivity index (χ0) is 15.8. The highest BCUT2D eigenvalue weighted by atomic mass is 16.5. The maximum Gasteiger partial charge on any atom is 0.223 e. The van der Waals surface area contributed by atoms with Crippen molar-refractivity contribution in [2.24, 2.45) is 0 Å². The molecule has 6 heteroatoms. The molecule has 0 aromatic carbocycles. The van der Waals surface area contributed by atoms with Gasteiger partial charge in [-0.3, -0.25) is 14.6 Å². The average Bonchev–Trinajstić information content (AvgIpc) is 2.58. The first kappa shape index (κ1) is 17.7. The lowest BCUT2D eigenvalue weighted by Gasteiger charge is -2.41. The molecule has 0 radical (unpaired) electrons. The first-order chi connectivity index (χ1) is 10.7. The van der Waals surface area contributed by atoms with E-state index in [2.05, 4.69) is 22.0 Å². The summed E-state index contributed by atoms with van der Waals surface area (Å²) in [6.45, 7) is 11.8. The van der Waals surface area contributed by atoms with E-state index < -0.39 is 0 Å². The van der Waals surface area contributed by atoms with Crippen LogP contribution in [0.4, 0.5) is 0 Å². The van der Waals surface area contributed by atoms with E-state index in [-0.39, 0.29) is 0 Å². The fourth-order valence-electron chi connectivity index (χ4n) is 3.38. The first-order valence-electron chi connectivity index (χ1n) is 8.68. The van der Waals surface area contributed by atoms with Gasteiger partial charge in [-0.2, -0.15) is 0 Å². The van der Waals surface area contributed by atoms with Crippen molar-refractivity contribution in [2.45, 2.75) is 25.8 Å². The van der Waals surface area contributed by atoms with Crippen LogP contribution in [-0.2, 0) is 9.53 Å². The van der Waals surface area contributed by atoms with Crippen LogP contribution in [0.2, 0.25) is 0 Å². The molecular formula is C16H32N4O2. The highest BCUT2D eigenvalue weighted by Gasteiger charge is 2.26. The van der Waals surface area contributed by atoms with Crippen LogP contribution in [-0.4, -0.2) is 99.3 Å². The summed E-state index contributed by atoms with van der Waals surface area (Å²) in [5.41, 5.74) is 0. The minimum atomic E-state index is 0.316. The SMILES string of the molecule is CCC1CN(CCC(=O)N2CCNCC2)CCN1CCOC. The van der Waals surface area contributed by atoms with Crippen molar-refractivity contribution in [3.05, 3.63) is 0 Å². The lowest BCUT2D eigenvalue weighted by molar-refractivity contribution is -0.132. The third-order valence-corrected chi connectivity index (χ3v) is 4.85. The van der Waals surface area contributed by atoms with E-state index in [1.165, 1.54) is 0 Å². The van der Waals surface area contributed by atoms with Gasteiger partial charge in [0.05, 0.1) is 6.61 Å². The van der Waals surface area contributed by atoms with Crippen molar-refractivity contribution in [3.63, 3.8) is 0 Å². The maximum atomic E-state index is 12.2. The van der Waals surface area contributed by atoms with Crippen molar-refractivity contribution in [1.82, 2.24) is 20.0 Å². The first-order valence-corrected chi connectivity index (χ1v) is 8.68. The third-order valence-electron chi connectivity index (χ3n) is 4.85. The van der Waals surface area contributed by atoms with Gasteiger partial charge in [-0.1, -0.05) is 6.92 Å². The predicted molar refractivity (Wildman–Crippen MR) is 88.0 cm³/mol. The Balaban J connectivity index is 1.71. The zero-order valence-corrected chi connectivity index (χ0v) is 14.2. The van der Waals surface area contributed by atoms with Gasteiger partial charge in [0.25, 0.3) is 0 Å². The van der Waals surface area contributed by atoms with Crippen LogP contribution in [0.25, 0.3) is 0 Å². The van der Waals surface area contributed by atoms with Gasteiger partial charge < -0.3 is 15.0 Å². The molecule has 2 aliphatic heterocycles. The summed E-state index contributed by atoms with van der Waals surface area (Å²) in [4.78, 5) is 19.2. The summed E-state index contributed by atoms with van der Waals surface area (Å²) in [5, 5.41) is 3.29. The van der Waals surface area contributed by atoms with Gasteiger partial charge in [-0.15, -0.1) is 0 Å². The van der Waals surface area contributed by atoms with E-state index >= 15 is 0 Å². The summed E-state index contributed by atoms with van der Waals surface area (Å²) in [6.07, 6.45) is 1.82. The minimum absolute atomic E-state index is 0.316. The molecule has 1 atom stereocenters. The Labute approximate surface area is 134 Å². The van der Waals surface area contributed by atoms with Crippen LogP contribution >= 0.6 is 0 Å². The number of ether oxygens (including phenoxy) is 1. The van der Waals surface area contributed by atoms with Crippen molar-refractivity contribution in [3.8, 4) is 0 Å². The number of amides is 1. The molecule has 0 spiro atoms. The number of nitrogens with one attached hydrogen (secondary N) is 1. The van der Waals surface area contributed by atoms with Crippen LogP contribution < -0.4 is 5.32 Å². The third kappa shape index (κ3) is 5.19. The van der Waals surface area contributed by atoms with Crippen LogP contribution in [0.3, 0.4) is 0 Å². The molecule has 2 rings (SSSR count). The predicted octanol–water partition coefficient (Wildman–Crippen LogP) is -0.149. The second-order valence-electron chi connectivity index (χ2n) is 6.27. The van der Waals surface area contributed by atoms with E-state index in [4.69, 9.17) is 4.74 Å². The number of methoxy groups -OCH3 is 1. The smallest absolute Gasteiger partial charge is 0.223 e. The molecule has 1 unspecified atom stereocenters.